The average molecular weight is 932 g/mol. The van der Waals surface area contributed by atoms with E-state index in [1.165, 1.54) is 60.7 Å². The first-order chi connectivity index (χ1) is 33.0. The predicted molar refractivity (Wildman–Crippen MR) is 247 cm³/mol. The Morgan fingerprint density at radius 1 is 0.544 bits per heavy atom. The van der Waals surface area contributed by atoms with Gasteiger partial charge in [0, 0.05) is 76.5 Å². The Labute approximate surface area is 387 Å². The minimum absolute atomic E-state index is 0.0650. The Kier molecular flexibility index (Phi) is 12.7. The van der Waals surface area contributed by atoms with Gasteiger partial charge in [0.05, 0.1) is 57.1 Å². The molecule has 0 fully saturated rings. The number of aromatic nitrogens is 7. The number of carbonyl (C=O) groups excluding carboxylic acids is 2. The number of carbonyl (C=O) groups is 2. The maximum Gasteiger partial charge on any atom is 0.255 e. The Hall–Kier alpha value is -9.09. The van der Waals surface area contributed by atoms with E-state index in [2.05, 4.69) is 45.8 Å². The monoisotopic (exact) mass is 931 g/mol. The standard InChI is InChI=1S/C26H16F2N4O2.C24H14ClF2N5O2/c27-18-5-1-3-16(11-18)26(33)31-19-6-8-21(28)25(12-19)34-20-7-9-22-23(13-20)32-24(15-30-22)17-4-2-10-29-14-17;25-17-4-1-13(7-19(17)27)24(33)31-15-2-5-18(26)23(8-15)34-16-3-6-20-21(9-16)32-22(12-28-20)14-10-29-30-11-14/h1-15H,(H,31,33);1-12H,(H,29,30)(H,31,33). The molecule has 4 aromatic heterocycles. The van der Waals surface area contributed by atoms with E-state index >= 15 is 0 Å². The molecule has 0 saturated carbocycles. The predicted octanol–water partition coefficient (Wildman–Crippen LogP) is 12.0. The summed E-state index contributed by atoms with van der Waals surface area (Å²) in [5.41, 5.74) is 6.02. The summed E-state index contributed by atoms with van der Waals surface area (Å²) >= 11 is 5.65. The lowest BCUT2D eigenvalue weighted by atomic mass is 10.2. The van der Waals surface area contributed by atoms with Crippen LogP contribution in [0.3, 0.4) is 0 Å². The van der Waals surface area contributed by atoms with Gasteiger partial charge in [-0.3, -0.25) is 29.6 Å². The summed E-state index contributed by atoms with van der Waals surface area (Å²) in [4.78, 5) is 46.9. The molecule has 18 heteroatoms. The van der Waals surface area contributed by atoms with E-state index in [9.17, 15) is 27.2 Å². The number of H-pyrrole nitrogens is 1. The summed E-state index contributed by atoms with van der Waals surface area (Å²) in [5, 5.41) is 11.7. The van der Waals surface area contributed by atoms with E-state index in [1.807, 2.05) is 12.1 Å². The van der Waals surface area contributed by atoms with E-state index in [0.29, 0.717) is 50.6 Å². The SMILES string of the molecule is O=C(Nc1ccc(F)c(Oc2ccc3ncc(-c4cccnc4)nc3c2)c1)c1cccc(F)c1.O=C(Nc1ccc(F)c(Oc2ccc3ncc(-c4cn[nH]c4)nc3c2)c1)c1ccc(Cl)c(F)c1. The van der Waals surface area contributed by atoms with Gasteiger partial charge in [0.2, 0.25) is 0 Å². The van der Waals surface area contributed by atoms with E-state index in [0.717, 1.165) is 29.3 Å². The molecule has 10 rings (SSSR count). The molecule has 0 aliphatic carbocycles. The van der Waals surface area contributed by atoms with Crippen LogP contribution in [0.4, 0.5) is 28.9 Å². The lowest BCUT2D eigenvalue weighted by Crippen LogP contribution is -2.12. The Balaban J connectivity index is 0.000000170. The lowest BCUT2D eigenvalue weighted by Gasteiger charge is -2.11. The molecule has 10 aromatic rings. The first-order valence-electron chi connectivity index (χ1n) is 20.2. The highest BCUT2D eigenvalue weighted by molar-refractivity contribution is 6.30. The quantitative estimate of drug-likeness (QED) is 0.112. The second-order valence-corrected chi connectivity index (χ2v) is 15.0. The van der Waals surface area contributed by atoms with Crippen molar-refractivity contribution in [2.45, 2.75) is 0 Å². The van der Waals surface area contributed by atoms with Crippen LogP contribution in [0.15, 0.2) is 165 Å². The molecular weight excluding hydrogens is 902 g/mol. The van der Waals surface area contributed by atoms with Crippen LogP contribution in [0.1, 0.15) is 20.7 Å². The Morgan fingerprint density at radius 3 is 1.69 bits per heavy atom. The number of pyridine rings is 1. The third kappa shape index (κ3) is 10.4. The van der Waals surface area contributed by atoms with Crippen LogP contribution in [0.2, 0.25) is 5.02 Å². The third-order valence-electron chi connectivity index (χ3n) is 9.88. The topological polar surface area (TPSA) is 170 Å². The number of aromatic amines is 1. The molecule has 6 aromatic carbocycles. The molecule has 0 atom stereocenters. The van der Waals surface area contributed by atoms with Crippen molar-refractivity contribution in [2.75, 3.05) is 10.6 Å². The number of nitrogens with one attached hydrogen (secondary N) is 3. The molecule has 2 amide bonds. The van der Waals surface area contributed by atoms with Gasteiger partial charge < -0.3 is 20.1 Å². The van der Waals surface area contributed by atoms with Crippen molar-refractivity contribution in [1.82, 2.24) is 35.1 Å². The highest BCUT2D eigenvalue weighted by Crippen LogP contribution is 2.32. The van der Waals surface area contributed by atoms with Gasteiger partial charge in [0.15, 0.2) is 23.1 Å². The Morgan fingerprint density at radius 2 is 1.15 bits per heavy atom. The number of nitrogens with zero attached hydrogens (tertiary/aromatic N) is 6. The zero-order valence-electron chi connectivity index (χ0n) is 34.8. The van der Waals surface area contributed by atoms with Crippen molar-refractivity contribution in [2.24, 2.45) is 0 Å². The fraction of sp³-hybridized carbons (Fsp3) is 0. The first-order valence-corrected chi connectivity index (χ1v) is 20.6. The molecule has 0 radical (unpaired) electrons. The molecule has 0 aliphatic rings. The smallest absolute Gasteiger partial charge is 0.255 e. The largest absolute Gasteiger partial charge is 0.454 e. The fourth-order valence-corrected chi connectivity index (χ4v) is 6.66. The van der Waals surface area contributed by atoms with Crippen LogP contribution in [0.5, 0.6) is 23.0 Å². The van der Waals surface area contributed by atoms with E-state index in [-0.39, 0.29) is 33.3 Å². The zero-order valence-corrected chi connectivity index (χ0v) is 35.6. The minimum atomic E-state index is -0.715. The first kappa shape index (κ1) is 44.1. The van der Waals surface area contributed by atoms with Crippen LogP contribution < -0.4 is 20.1 Å². The van der Waals surface area contributed by atoms with Gasteiger partial charge >= 0.3 is 0 Å². The molecule has 68 heavy (non-hydrogen) atoms. The molecule has 0 spiro atoms. The number of halogens is 5. The van der Waals surface area contributed by atoms with Crippen molar-refractivity contribution < 1.29 is 36.6 Å². The number of anilines is 2. The highest BCUT2D eigenvalue weighted by atomic mass is 35.5. The van der Waals surface area contributed by atoms with Crippen LogP contribution in [0, 0.1) is 23.3 Å². The van der Waals surface area contributed by atoms with E-state index in [4.69, 9.17) is 21.1 Å². The highest BCUT2D eigenvalue weighted by Gasteiger charge is 2.15. The molecule has 0 aliphatic heterocycles. The summed E-state index contributed by atoms with van der Waals surface area (Å²) in [6, 6.07) is 30.4. The second-order valence-electron chi connectivity index (χ2n) is 14.6. The van der Waals surface area contributed by atoms with Crippen LogP contribution in [0.25, 0.3) is 44.6 Å². The number of rotatable bonds is 10. The second kappa shape index (κ2) is 19.6. The normalized spacial score (nSPS) is 10.8. The lowest BCUT2D eigenvalue weighted by molar-refractivity contribution is 0.101. The van der Waals surface area contributed by atoms with Gasteiger partial charge in [0.25, 0.3) is 11.8 Å². The van der Waals surface area contributed by atoms with E-state index < -0.39 is 35.1 Å². The van der Waals surface area contributed by atoms with Crippen molar-refractivity contribution in [3.63, 3.8) is 0 Å². The molecule has 0 unspecified atom stereocenters. The van der Waals surface area contributed by atoms with Gasteiger partial charge in [-0.05, 0) is 97.1 Å². The summed E-state index contributed by atoms with van der Waals surface area (Å²) in [6.45, 7) is 0. The summed E-state index contributed by atoms with van der Waals surface area (Å²) in [6.07, 6.45) is 9.98. The molecular formula is C50H30ClF4N9O4. The number of hydrogen-bond acceptors (Lipinski definition) is 10. The average Bonchev–Trinajstić information content (AvgIpc) is 3.90. The van der Waals surface area contributed by atoms with Crippen LogP contribution in [-0.2, 0) is 0 Å². The van der Waals surface area contributed by atoms with Gasteiger partial charge in [-0.2, -0.15) is 5.10 Å². The van der Waals surface area contributed by atoms with Crippen molar-refractivity contribution >= 4 is 56.9 Å². The maximum atomic E-state index is 14.4. The summed E-state index contributed by atoms with van der Waals surface area (Å²) < 4.78 is 67.4. The molecule has 334 valence electrons. The molecule has 13 nitrogen and oxygen atoms in total. The molecule has 0 bridgehead atoms. The number of benzene rings is 6. The zero-order chi connectivity index (χ0) is 47.1. The minimum Gasteiger partial charge on any atom is -0.454 e. The van der Waals surface area contributed by atoms with Crippen LogP contribution in [-0.4, -0.2) is 46.9 Å². The fourth-order valence-electron chi connectivity index (χ4n) is 6.54. The molecule has 3 N–H and O–H groups in total. The number of fused-ring (bicyclic) bond motifs is 2. The van der Waals surface area contributed by atoms with Crippen molar-refractivity contribution in [3.05, 3.63) is 204 Å². The van der Waals surface area contributed by atoms with Gasteiger partial charge in [-0.15, -0.1) is 0 Å². The molecule has 4 heterocycles. The van der Waals surface area contributed by atoms with Crippen LogP contribution >= 0.6 is 11.6 Å². The van der Waals surface area contributed by atoms with Crippen molar-refractivity contribution in [3.8, 4) is 45.5 Å². The van der Waals surface area contributed by atoms with E-state index in [1.54, 1.807) is 73.6 Å². The van der Waals surface area contributed by atoms with Gasteiger partial charge in [-0.25, -0.2) is 27.5 Å². The number of amides is 2. The third-order valence-corrected chi connectivity index (χ3v) is 10.2. The van der Waals surface area contributed by atoms with Crippen molar-refractivity contribution in [1.29, 1.82) is 0 Å². The van der Waals surface area contributed by atoms with Gasteiger partial charge in [-0.1, -0.05) is 17.7 Å². The Bertz CT molecular complexity index is 3500. The van der Waals surface area contributed by atoms with Gasteiger partial charge in [0.1, 0.15) is 23.1 Å². The maximum absolute atomic E-state index is 14.4. The number of hydrogen-bond donors (Lipinski definition) is 3. The number of ether oxygens (including phenoxy) is 2. The molecule has 0 saturated heterocycles. The summed E-state index contributed by atoms with van der Waals surface area (Å²) in [7, 11) is 0. The summed E-state index contributed by atoms with van der Waals surface area (Å²) in [5.74, 6) is -3.12.